The van der Waals surface area contributed by atoms with E-state index in [9.17, 15) is 4.79 Å². The molecule has 0 unspecified atom stereocenters. The summed E-state index contributed by atoms with van der Waals surface area (Å²) in [5.41, 5.74) is 0. The van der Waals surface area contributed by atoms with E-state index in [0.717, 1.165) is 6.41 Å². The van der Waals surface area contributed by atoms with Gasteiger partial charge in [0.05, 0.1) is 0 Å². The second-order valence-corrected chi connectivity index (χ2v) is 2.41. The minimum atomic E-state index is -5.39. The van der Waals surface area contributed by atoms with Gasteiger partial charge in [-0.25, -0.2) is 0 Å². The molecule has 0 radical (unpaired) electrons. The third-order valence-corrected chi connectivity index (χ3v) is 0.211. The smallest absolute Gasteiger partial charge is 0.822 e. The Morgan fingerprint density at radius 1 is 1.08 bits per heavy atom. The summed E-state index contributed by atoms with van der Waals surface area (Å²) in [7, 11) is -2.01. The van der Waals surface area contributed by atoms with E-state index < -0.39 is 7.82 Å². The molecular weight excluding hydrogens is 230 g/mol. The molecule has 10 heteroatoms. The van der Waals surface area contributed by atoms with Crippen molar-refractivity contribution >= 4 is 14.2 Å². The van der Waals surface area contributed by atoms with E-state index in [1.165, 1.54) is 4.90 Å². The van der Waals surface area contributed by atoms with Crippen molar-refractivity contribution in [3.8, 4) is 0 Å². The molecule has 0 aromatic heterocycles. The number of carbonyl (C=O) groups is 1. The summed E-state index contributed by atoms with van der Waals surface area (Å²) in [5, 5.41) is 0. The monoisotopic (exact) mass is 237 g/mol. The van der Waals surface area contributed by atoms with E-state index in [-0.39, 0.29) is 88.7 Å². The Morgan fingerprint density at radius 3 is 1.15 bits per heavy atom. The average Bonchev–Trinajstić information content (AvgIpc) is 1.61. The quantitative estimate of drug-likeness (QED) is 0.255. The summed E-state index contributed by atoms with van der Waals surface area (Å²) in [4.78, 5) is 36.5. The summed E-state index contributed by atoms with van der Waals surface area (Å²) in [6.45, 7) is 0. The van der Waals surface area contributed by atoms with E-state index in [1.807, 2.05) is 0 Å². The molecule has 0 saturated carbocycles. The number of rotatable bonds is 1. The first-order valence-electron chi connectivity index (χ1n) is 2.12. The van der Waals surface area contributed by atoms with Gasteiger partial charge in [0.2, 0.25) is 6.41 Å². The van der Waals surface area contributed by atoms with Crippen molar-refractivity contribution < 1.29 is 113 Å². The molecule has 0 aliphatic rings. The summed E-state index contributed by atoms with van der Waals surface area (Å²) < 4.78 is 8.55. The average molecular weight is 237 g/mol. The number of phosphoric acid groups is 1. The molecule has 0 atom stereocenters. The molecule has 13 heavy (non-hydrogen) atoms. The van der Waals surface area contributed by atoms with Gasteiger partial charge in [-0.3, -0.25) is 4.79 Å². The minimum Gasteiger partial charge on any atom is -0.822 e. The summed E-state index contributed by atoms with van der Waals surface area (Å²) in [6, 6.07) is 0. The number of hydrogen-bond donors (Lipinski definition) is 0. The normalized spacial score (nSPS) is 7.15. The molecule has 6 nitrogen and oxygen atoms in total. The first-order chi connectivity index (χ1) is 4.27. The largest absolute Gasteiger partial charge is 1.00 e. The Morgan fingerprint density at radius 2 is 1.15 bits per heavy atom. The molecule has 0 rings (SSSR count). The topological polar surface area (TPSA) is 107 Å². The third-order valence-electron chi connectivity index (χ3n) is 0.211. The molecule has 0 aromatic rings. The van der Waals surface area contributed by atoms with Gasteiger partial charge >= 0.3 is 88.7 Å². The molecular formula is C3H7NNa3O5P. The van der Waals surface area contributed by atoms with E-state index >= 15 is 0 Å². The van der Waals surface area contributed by atoms with Crippen molar-refractivity contribution in [3.63, 3.8) is 0 Å². The molecule has 0 bridgehead atoms. The van der Waals surface area contributed by atoms with Crippen LogP contribution in [-0.2, 0) is 9.36 Å². The van der Waals surface area contributed by atoms with Crippen molar-refractivity contribution in [2.75, 3.05) is 14.1 Å². The van der Waals surface area contributed by atoms with Crippen LogP contribution in [0.4, 0.5) is 0 Å². The zero-order chi connectivity index (χ0) is 8.78. The molecule has 1 amide bonds. The molecule has 0 aromatic carbocycles. The van der Waals surface area contributed by atoms with E-state index in [4.69, 9.17) is 19.2 Å². The van der Waals surface area contributed by atoms with Gasteiger partial charge in [0.15, 0.2) is 0 Å². The molecule has 0 fully saturated rings. The first-order valence-corrected chi connectivity index (χ1v) is 3.58. The van der Waals surface area contributed by atoms with Gasteiger partial charge in [-0.15, -0.1) is 0 Å². The van der Waals surface area contributed by atoms with Gasteiger partial charge in [-0.1, -0.05) is 0 Å². The Hall–Kier alpha value is 2.58. The Kier molecular flexibility index (Phi) is 38.7. The molecule has 62 valence electrons. The number of hydrogen-bond acceptors (Lipinski definition) is 5. The molecule has 0 heterocycles. The zero-order valence-corrected chi connectivity index (χ0v) is 15.4. The van der Waals surface area contributed by atoms with Crippen LogP contribution in [0.15, 0.2) is 0 Å². The Labute approximate surface area is 144 Å². The molecule has 0 aliphatic heterocycles. The zero-order valence-electron chi connectivity index (χ0n) is 8.51. The van der Waals surface area contributed by atoms with Gasteiger partial charge < -0.3 is 24.1 Å². The maximum atomic E-state index is 9.43. The maximum absolute atomic E-state index is 9.43. The van der Waals surface area contributed by atoms with Gasteiger partial charge in [0.1, 0.15) is 0 Å². The van der Waals surface area contributed by atoms with Crippen LogP contribution >= 0.6 is 7.82 Å². The number of carbonyl (C=O) groups excluding carboxylic acids is 1. The van der Waals surface area contributed by atoms with Crippen LogP contribution in [0.25, 0.3) is 0 Å². The first kappa shape index (κ1) is 29.6. The van der Waals surface area contributed by atoms with Crippen molar-refractivity contribution in [3.05, 3.63) is 0 Å². The van der Waals surface area contributed by atoms with Crippen molar-refractivity contribution in [1.82, 2.24) is 4.90 Å². The fraction of sp³-hybridized carbons (Fsp3) is 0.667. The van der Waals surface area contributed by atoms with E-state index in [1.54, 1.807) is 14.1 Å². The number of amides is 1. The fourth-order valence-corrected chi connectivity index (χ4v) is 0. The third kappa shape index (κ3) is 110. The van der Waals surface area contributed by atoms with Gasteiger partial charge in [-0.2, -0.15) is 7.82 Å². The minimum absolute atomic E-state index is 0. The molecule has 0 N–H and O–H groups in total. The summed E-state index contributed by atoms with van der Waals surface area (Å²) in [5.74, 6) is 0. The van der Waals surface area contributed by atoms with Crippen LogP contribution in [0.3, 0.4) is 0 Å². The summed E-state index contributed by atoms with van der Waals surface area (Å²) in [6.07, 6.45) is 0.750. The van der Waals surface area contributed by atoms with Crippen LogP contribution in [-0.4, -0.2) is 25.4 Å². The predicted octanol–water partition coefficient (Wildman–Crippen LogP) is -12.1. The SMILES string of the molecule is CN(C)C=O.O=P([O-])([O-])[O-].[Na+].[Na+].[Na+]. The van der Waals surface area contributed by atoms with Gasteiger partial charge in [0.25, 0.3) is 0 Å². The van der Waals surface area contributed by atoms with E-state index in [2.05, 4.69) is 0 Å². The second kappa shape index (κ2) is 17.0. The maximum Gasteiger partial charge on any atom is 1.00 e. The van der Waals surface area contributed by atoms with Crippen LogP contribution < -0.4 is 103 Å². The Balaban J connectivity index is -0.0000000267. The van der Waals surface area contributed by atoms with E-state index in [0.29, 0.717) is 0 Å². The molecule has 0 saturated heterocycles. The van der Waals surface area contributed by atoms with Gasteiger partial charge in [0, 0.05) is 14.1 Å². The standard InChI is InChI=1S/C3H7NO.3Na.H3O4P/c1-4(2)3-5;;;;1-5(2,3)4/h3H,1-2H3;;;;(H3,1,2,3,4)/q;3*+1;/p-3. The second-order valence-electron chi connectivity index (χ2n) is 1.52. The van der Waals surface area contributed by atoms with Crippen LogP contribution in [0.1, 0.15) is 0 Å². The van der Waals surface area contributed by atoms with Crippen LogP contribution in [0.5, 0.6) is 0 Å². The summed E-state index contributed by atoms with van der Waals surface area (Å²) >= 11 is 0. The van der Waals surface area contributed by atoms with Crippen molar-refractivity contribution in [2.45, 2.75) is 0 Å². The number of nitrogens with zero attached hydrogens (tertiary/aromatic N) is 1. The van der Waals surface area contributed by atoms with Crippen LogP contribution in [0, 0.1) is 0 Å². The van der Waals surface area contributed by atoms with Crippen molar-refractivity contribution in [1.29, 1.82) is 0 Å². The van der Waals surface area contributed by atoms with Crippen molar-refractivity contribution in [2.24, 2.45) is 0 Å². The Bertz CT molecular complexity index is 131. The predicted molar refractivity (Wildman–Crippen MR) is 27.4 cm³/mol. The van der Waals surface area contributed by atoms with Crippen LogP contribution in [0.2, 0.25) is 0 Å². The fourth-order valence-electron chi connectivity index (χ4n) is 0. The van der Waals surface area contributed by atoms with Gasteiger partial charge in [-0.05, 0) is 0 Å². The molecule has 0 spiro atoms. The molecule has 0 aliphatic carbocycles.